The van der Waals surface area contributed by atoms with Gasteiger partial charge in [-0.2, -0.15) is 0 Å². The number of hydroxylamine groups is 2. The van der Waals surface area contributed by atoms with Crippen LogP contribution in [0, 0.1) is 0 Å². The minimum atomic E-state index is 0.0948. The van der Waals surface area contributed by atoms with Crippen LogP contribution in [0.3, 0.4) is 0 Å². The third kappa shape index (κ3) is 4.50. The number of benzene rings is 1. The van der Waals surface area contributed by atoms with Gasteiger partial charge >= 0.3 is 0 Å². The minimum Gasteiger partial charge on any atom is -0.405 e. The molecule has 1 fully saturated rings. The van der Waals surface area contributed by atoms with Crippen molar-refractivity contribution in [2.75, 3.05) is 6.61 Å². The second-order valence-electron chi connectivity index (χ2n) is 6.49. The highest BCUT2D eigenvalue weighted by Gasteiger charge is 2.43. The first kappa shape index (κ1) is 17.0. The number of hydrogen-bond donors (Lipinski definition) is 1. The van der Waals surface area contributed by atoms with Gasteiger partial charge in [0.05, 0.1) is 11.1 Å². The molecule has 1 aromatic carbocycles. The van der Waals surface area contributed by atoms with Gasteiger partial charge in [0.15, 0.2) is 0 Å². The van der Waals surface area contributed by atoms with Crippen LogP contribution in [0.2, 0.25) is 0 Å². The Balaban J connectivity index is 0.000000612. The van der Waals surface area contributed by atoms with Crippen LogP contribution in [0.15, 0.2) is 30.3 Å². The standard InChI is InChI=1S/C15H23NO.C2H6O/c1-14(2)11-8-12-15(3,4)16(14)17-13-9-6-5-7-10-13;1-2-3/h5-7,9-10H,8,11-12H2,1-4H3;3H,2H2,1H3. The molecule has 0 spiro atoms. The van der Waals surface area contributed by atoms with Gasteiger partial charge in [-0.1, -0.05) is 18.2 Å². The maximum atomic E-state index is 7.57. The van der Waals surface area contributed by atoms with Gasteiger partial charge in [0, 0.05) is 6.61 Å². The zero-order valence-corrected chi connectivity index (χ0v) is 13.5. The van der Waals surface area contributed by atoms with E-state index in [-0.39, 0.29) is 17.7 Å². The molecule has 1 aromatic rings. The summed E-state index contributed by atoms with van der Waals surface area (Å²) in [7, 11) is 0. The van der Waals surface area contributed by atoms with Crippen molar-refractivity contribution in [2.24, 2.45) is 0 Å². The predicted molar refractivity (Wildman–Crippen MR) is 83.7 cm³/mol. The summed E-state index contributed by atoms with van der Waals surface area (Å²) < 4.78 is 0. The van der Waals surface area contributed by atoms with Crippen molar-refractivity contribution in [3.8, 4) is 5.75 Å². The average molecular weight is 279 g/mol. The van der Waals surface area contributed by atoms with Crippen LogP contribution in [0.4, 0.5) is 0 Å². The molecular formula is C17H29NO2. The molecular weight excluding hydrogens is 250 g/mol. The molecule has 1 heterocycles. The summed E-state index contributed by atoms with van der Waals surface area (Å²) in [6.45, 7) is 11.0. The molecule has 2 rings (SSSR count). The molecule has 0 atom stereocenters. The fraction of sp³-hybridized carbons (Fsp3) is 0.647. The van der Waals surface area contributed by atoms with Crippen molar-refractivity contribution in [3.05, 3.63) is 30.3 Å². The summed E-state index contributed by atoms with van der Waals surface area (Å²) in [5.41, 5.74) is 0.190. The highest BCUT2D eigenvalue weighted by Crippen LogP contribution is 2.38. The Labute approximate surface area is 123 Å². The topological polar surface area (TPSA) is 32.7 Å². The summed E-state index contributed by atoms with van der Waals surface area (Å²) in [5, 5.41) is 9.75. The van der Waals surface area contributed by atoms with E-state index in [0.717, 1.165) is 5.75 Å². The van der Waals surface area contributed by atoms with E-state index >= 15 is 0 Å². The molecule has 1 N–H and O–H groups in total. The highest BCUT2D eigenvalue weighted by molar-refractivity contribution is 5.21. The number of rotatable bonds is 2. The first-order chi connectivity index (χ1) is 9.33. The van der Waals surface area contributed by atoms with Crippen LogP contribution in [-0.2, 0) is 0 Å². The third-order valence-corrected chi connectivity index (χ3v) is 3.62. The lowest BCUT2D eigenvalue weighted by atomic mass is 9.82. The maximum absolute atomic E-state index is 7.57. The third-order valence-electron chi connectivity index (χ3n) is 3.62. The van der Waals surface area contributed by atoms with Gasteiger partial charge in [-0.3, -0.25) is 0 Å². The molecule has 114 valence electrons. The van der Waals surface area contributed by atoms with Crippen molar-refractivity contribution < 1.29 is 9.94 Å². The molecule has 1 saturated heterocycles. The molecule has 1 aliphatic rings. The predicted octanol–water partition coefficient (Wildman–Crippen LogP) is 4.02. The Morgan fingerprint density at radius 1 is 1.05 bits per heavy atom. The maximum Gasteiger partial charge on any atom is 0.147 e. The van der Waals surface area contributed by atoms with Crippen LogP contribution in [0.25, 0.3) is 0 Å². The fourth-order valence-electron chi connectivity index (χ4n) is 2.81. The summed E-state index contributed by atoms with van der Waals surface area (Å²) in [6, 6.07) is 10.1. The van der Waals surface area contributed by atoms with Crippen molar-refractivity contribution in [1.29, 1.82) is 0 Å². The molecule has 0 amide bonds. The summed E-state index contributed by atoms with van der Waals surface area (Å²) in [5.74, 6) is 0.926. The lowest BCUT2D eigenvalue weighted by molar-refractivity contribution is -0.216. The smallest absolute Gasteiger partial charge is 0.147 e. The molecule has 20 heavy (non-hydrogen) atoms. The van der Waals surface area contributed by atoms with E-state index in [1.54, 1.807) is 6.92 Å². The van der Waals surface area contributed by atoms with Gasteiger partial charge in [0.1, 0.15) is 5.75 Å². The SMILES string of the molecule is CC1(C)CCCC(C)(C)N1Oc1ccccc1.CCO. The Morgan fingerprint density at radius 3 is 1.95 bits per heavy atom. The van der Waals surface area contributed by atoms with E-state index in [0.29, 0.717) is 0 Å². The molecule has 0 aliphatic carbocycles. The molecule has 1 aliphatic heterocycles. The van der Waals surface area contributed by atoms with E-state index in [1.807, 2.05) is 30.3 Å². The fourth-order valence-corrected chi connectivity index (χ4v) is 2.81. The molecule has 3 nitrogen and oxygen atoms in total. The van der Waals surface area contributed by atoms with Crippen molar-refractivity contribution in [2.45, 2.75) is 65.0 Å². The second kappa shape index (κ2) is 7.09. The average Bonchev–Trinajstić information content (AvgIpc) is 2.36. The van der Waals surface area contributed by atoms with E-state index in [2.05, 4.69) is 32.8 Å². The van der Waals surface area contributed by atoms with Gasteiger partial charge in [0.2, 0.25) is 0 Å². The van der Waals surface area contributed by atoms with Gasteiger partial charge < -0.3 is 9.94 Å². The molecule has 0 saturated carbocycles. The highest BCUT2D eigenvalue weighted by atomic mass is 16.7. The van der Waals surface area contributed by atoms with E-state index < -0.39 is 0 Å². The lowest BCUT2D eigenvalue weighted by Crippen LogP contribution is -2.59. The lowest BCUT2D eigenvalue weighted by Gasteiger charge is -2.50. The number of piperidine rings is 1. The van der Waals surface area contributed by atoms with Gasteiger partial charge in [0.25, 0.3) is 0 Å². The Morgan fingerprint density at radius 2 is 1.50 bits per heavy atom. The number of para-hydroxylation sites is 1. The number of nitrogens with zero attached hydrogens (tertiary/aromatic N) is 1. The van der Waals surface area contributed by atoms with Crippen LogP contribution in [0.1, 0.15) is 53.9 Å². The first-order valence-corrected chi connectivity index (χ1v) is 7.48. The van der Waals surface area contributed by atoms with Crippen LogP contribution in [-0.4, -0.2) is 27.9 Å². The van der Waals surface area contributed by atoms with E-state index in [4.69, 9.17) is 9.94 Å². The molecule has 3 heteroatoms. The Kier molecular flexibility index (Phi) is 6.03. The minimum absolute atomic E-state index is 0.0948. The van der Waals surface area contributed by atoms with Gasteiger partial charge in [-0.15, -0.1) is 5.06 Å². The zero-order chi connectivity index (χ0) is 15.2. The van der Waals surface area contributed by atoms with Crippen molar-refractivity contribution >= 4 is 0 Å². The Hall–Kier alpha value is -1.06. The number of aliphatic hydroxyl groups excluding tert-OH is 1. The van der Waals surface area contributed by atoms with Gasteiger partial charge in [-0.05, 0) is 66.0 Å². The monoisotopic (exact) mass is 279 g/mol. The largest absolute Gasteiger partial charge is 0.405 e. The molecule has 0 unspecified atom stereocenters. The normalized spacial score (nSPS) is 20.7. The molecule has 0 radical (unpaired) electrons. The zero-order valence-electron chi connectivity index (χ0n) is 13.5. The Bertz CT molecular complexity index is 371. The van der Waals surface area contributed by atoms with Gasteiger partial charge in [-0.25, -0.2) is 0 Å². The van der Waals surface area contributed by atoms with Crippen LogP contribution >= 0.6 is 0 Å². The second-order valence-corrected chi connectivity index (χ2v) is 6.49. The summed E-state index contributed by atoms with van der Waals surface area (Å²) in [6.07, 6.45) is 3.64. The van der Waals surface area contributed by atoms with Crippen molar-refractivity contribution in [3.63, 3.8) is 0 Å². The number of aliphatic hydroxyl groups is 1. The first-order valence-electron chi connectivity index (χ1n) is 7.48. The van der Waals surface area contributed by atoms with Crippen molar-refractivity contribution in [1.82, 2.24) is 5.06 Å². The van der Waals surface area contributed by atoms with Crippen LogP contribution in [0.5, 0.6) is 5.75 Å². The van der Waals surface area contributed by atoms with Crippen LogP contribution < -0.4 is 4.84 Å². The summed E-state index contributed by atoms with van der Waals surface area (Å²) in [4.78, 5) is 6.12. The summed E-state index contributed by atoms with van der Waals surface area (Å²) >= 11 is 0. The van der Waals surface area contributed by atoms with E-state index in [1.165, 1.54) is 19.3 Å². The molecule has 0 aromatic heterocycles. The number of hydrogen-bond acceptors (Lipinski definition) is 3. The van der Waals surface area contributed by atoms with E-state index in [9.17, 15) is 0 Å². The molecule has 0 bridgehead atoms. The quantitative estimate of drug-likeness (QED) is 0.887.